The van der Waals surface area contributed by atoms with E-state index in [9.17, 15) is 9.18 Å². The summed E-state index contributed by atoms with van der Waals surface area (Å²) in [5.41, 5.74) is 5.19. The summed E-state index contributed by atoms with van der Waals surface area (Å²) in [6.07, 6.45) is 0.644. The Balaban J connectivity index is 1.42. The number of methoxy groups -OCH3 is 1. The molecular weight excluding hydrogens is 429 g/mol. The molecule has 0 bridgehead atoms. The maximum absolute atomic E-state index is 14.1. The molecule has 0 radical (unpaired) electrons. The molecule has 176 valence electrons. The van der Waals surface area contributed by atoms with Crippen molar-refractivity contribution in [2.75, 3.05) is 36.5 Å². The van der Waals surface area contributed by atoms with Gasteiger partial charge in [0.05, 0.1) is 19.1 Å². The van der Waals surface area contributed by atoms with Gasteiger partial charge in [0.15, 0.2) is 0 Å². The van der Waals surface area contributed by atoms with Gasteiger partial charge in [-0.15, -0.1) is 0 Å². The van der Waals surface area contributed by atoms with E-state index in [1.54, 1.807) is 25.3 Å². The van der Waals surface area contributed by atoms with E-state index in [1.807, 2.05) is 6.07 Å². The summed E-state index contributed by atoms with van der Waals surface area (Å²) in [7, 11) is 1.68. The number of anilines is 2. The number of aryl methyl sites for hydroxylation is 1. The summed E-state index contributed by atoms with van der Waals surface area (Å²) in [5.74, 6) is 0.251. The quantitative estimate of drug-likeness (QED) is 0.617. The van der Waals surface area contributed by atoms with Crippen LogP contribution < -0.4 is 19.9 Å². The number of benzene rings is 3. The van der Waals surface area contributed by atoms with Gasteiger partial charge in [-0.3, -0.25) is 4.79 Å². The molecule has 2 heterocycles. The highest BCUT2D eigenvalue weighted by molar-refractivity contribution is 5.82. The van der Waals surface area contributed by atoms with Crippen LogP contribution in [-0.2, 0) is 17.8 Å². The number of carbonyl (C=O) groups is 1. The number of piperazine rings is 1. The first-order valence-electron chi connectivity index (χ1n) is 11.8. The lowest BCUT2D eigenvalue weighted by Crippen LogP contribution is -2.61. The van der Waals surface area contributed by atoms with E-state index in [4.69, 9.17) is 4.74 Å². The number of nitrogens with zero attached hydrogens (tertiary/aromatic N) is 2. The number of hydrogen-bond acceptors (Lipinski definition) is 4. The maximum atomic E-state index is 14.1. The van der Waals surface area contributed by atoms with Gasteiger partial charge in [-0.25, -0.2) is 4.39 Å². The minimum Gasteiger partial charge on any atom is -0.497 e. The summed E-state index contributed by atoms with van der Waals surface area (Å²) >= 11 is 0. The van der Waals surface area contributed by atoms with Crippen LogP contribution in [0.1, 0.15) is 16.7 Å². The van der Waals surface area contributed by atoms with E-state index in [1.165, 1.54) is 17.3 Å². The van der Waals surface area contributed by atoms with Crippen LogP contribution in [0.4, 0.5) is 15.8 Å². The van der Waals surface area contributed by atoms with Gasteiger partial charge in [-0.05, 0) is 43.2 Å². The van der Waals surface area contributed by atoms with Crippen molar-refractivity contribution in [2.45, 2.75) is 25.9 Å². The number of nitrogens with one attached hydrogen (secondary N) is 1. The topological polar surface area (TPSA) is 44.8 Å². The Morgan fingerprint density at radius 2 is 1.88 bits per heavy atom. The molecule has 1 amide bonds. The molecule has 3 aromatic carbocycles. The smallest absolute Gasteiger partial charge is 0.225 e. The van der Waals surface area contributed by atoms with E-state index in [2.05, 4.69) is 58.4 Å². The number of fused-ring (bicyclic) bond motifs is 3. The van der Waals surface area contributed by atoms with E-state index in [0.717, 1.165) is 36.6 Å². The molecule has 5 nitrogen and oxygen atoms in total. The van der Waals surface area contributed by atoms with Crippen molar-refractivity contribution >= 4 is 17.3 Å². The van der Waals surface area contributed by atoms with E-state index >= 15 is 0 Å². The van der Waals surface area contributed by atoms with Crippen molar-refractivity contribution in [3.63, 3.8) is 0 Å². The molecule has 0 saturated carbocycles. The standard InChI is InChI=1S/C28H30FN3O2/c1-19-7-10-22(11-8-19)31-13-14-32-26-16-23(34-2)12-9-20(26)15-24(27(32)18-31)28(33)30-17-21-5-3-4-6-25(21)29/h3-12,16,24,27H,13-15,17-18H2,1-2H3,(H,30,33)/t24-,27+/m1/s1. The minimum atomic E-state index is -0.297. The Morgan fingerprint density at radius 3 is 2.65 bits per heavy atom. The lowest BCUT2D eigenvalue weighted by molar-refractivity contribution is -0.126. The molecule has 0 spiro atoms. The number of hydrogen-bond donors (Lipinski definition) is 1. The van der Waals surface area contributed by atoms with E-state index in [-0.39, 0.29) is 30.2 Å². The molecule has 2 aliphatic rings. The summed E-state index contributed by atoms with van der Waals surface area (Å²) in [4.78, 5) is 18.2. The molecule has 0 aromatic heterocycles. The Kier molecular flexibility index (Phi) is 6.14. The third-order valence-electron chi connectivity index (χ3n) is 7.07. The molecule has 0 aliphatic carbocycles. The van der Waals surface area contributed by atoms with Crippen LogP contribution in [0.3, 0.4) is 0 Å². The zero-order chi connectivity index (χ0) is 23.7. The molecule has 34 heavy (non-hydrogen) atoms. The summed E-state index contributed by atoms with van der Waals surface area (Å²) < 4.78 is 19.6. The van der Waals surface area contributed by atoms with Gasteiger partial charge in [0.25, 0.3) is 0 Å². The second kappa shape index (κ2) is 9.37. The van der Waals surface area contributed by atoms with Crippen molar-refractivity contribution < 1.29 is 13.9 Å². The number of carbonyl (C=O) groups excluding carboxylic acids is 1. The molecule has 1 saturated heterocycles. The second-order valence-corrected chi connectivity index (χ2v) is 9.16. The van der Waals surface area contributed by atoms with E-state index in [0.29, 0.717) is 12.0 Å². The highest BCUT2D eigenvalue weighted by Crippen LogP contribution is 2.39. The average molecular weight is 460 g/mol. The summed E-state index contributed by atoms with van der Waals surface area (Å²) in [5, 5.41) is 3.01. The SMILES string of the molecule is COc1ccc2c(c1)N1CCN(c3ccc(C)cc3)C[C@H]1[C@H](C(=O)NCc1ccccc1F)C2. The first-order valence-corrected chi connectivity index (χ1v) is 11.8. The van der Waals surface area contributed by atoms with Crippen LogP contribution in [0.5, 0.6) is 5.75 Å². The Bertz CT molecular complexity index is 1180. The van der Waals surface area contributed by atoms with Crippen molar-refractivity contribution in [1.82, 2.24) is 5.32 Å². The molecular formula is C28H30FN3O2. The highest BCUT2D eigenvalue weighted by atomic mass is 19.1. The number of rotatable bonds is 5. The monoisotopic (exact) mass is 459 g/mol. The molecule has 0 unspecified atom stereocenters. The summed E-state index contributed by atoms with van der Waals surface area (Å²) in [6.45, 7) is 4.71. The van der Waals surface area contributed by atoms with Crippen LogP contribution >= 0.6 is 0 Å². The van der Waals surface area contributed by atoms with Crippen molar-refractivity contribution in [3.8, 4) is 5.75 Å². The van der Waals surface area contributed by atoms with Gasteiger partial charge in [0.1, 0.15) is 11.6 Å². The van der Waals surface area contributed by atoms with Crippen molar-refractivity contribution in [1.29, 1.82) is 0 Å². The normalized spacial score (nSPS) is 19.3. The van der Waals surface area contributed by atoms with Crippen LogP contribution in [-0.4, -0.2) is 38.7 Å². The molecule has 2 aliphatic heterocycles. The Hall–Kier alpha value is -3.54. The number of ether oxygens (including phenoxy) is 1. The molecule has 2 atom stereocenters. The van der Waals surface area contributed by atoms with Crippen molar-refractivity contribution in [2.24, 2.45) is 5.92 Å². The lowest BCUT2D eigenvalue weighted by Gasteiger charge is -2.49. The fourth-order valence-electron chi connectivity index (χ4n) is 5.15. The first-order chi connectivity index (χ1) is 16.5. The van der Waals surface area contributed by atoms with Crippen LogP contribution in [0.25, 0.3) is 0 Å². The fourth-order valence-corrected chi connectivity index (χ4v) is 5.15. The average Bonchev–Trinajstić information content (AvgIpc) is 2.87. The van der Waals surface area contributed by atoms with Gasteiger partial charge in [0.2, 0.25) is 5.91 Å². The molecule has 6 heteroatoms. The summed E-state index contributed by atoms with van der Waals surface area (Å²) in [6, 6.07) is 21.2. The van der Waals surface area contributed by atoms with Gasteiger partial charge in [-0.2, -0.15) is 0 Å². The van der Waals surface area contributed by atoms with Crippen LogP contribution in [0.2, 0.25) is 0 Å². The zero-order valence-corrected chi connectivity index (χ0v) is 19.6. The molecule has 1 fully saturated rings. The molecule has 1 N–H and O–H groups in total. The molecule has 5 rings (SSSR count). The zero-order valence-electron chi connectivity index (χ0n) is 19.6. The Morgan fingerprint density at radius 1 is 1.09 bits per heavy atom. The first kappa shape index (κ1) is 22.3. The largest absolute Gasteiger partial charge is 0.497 e. The maximum Gasteiger partial charge on any atom is 0.225 e. The Labute approximate surface area is 200 Å². The minimum absolute atomic E-state index is 0.00952. The van der Waals surface area contributed by atoms with Crippen LogP contribution in [0.15, 0.2) is 66.7 Å². The lowest BCUT2D eigenvalue weighted by atomic mass is 9.83. The fraction of sp³-hybridized carbons (Fsp3) is 0.321. The predicted octanol–water partition coefficient (Wildman–Crippen LogP) is 4.33. The van der Waals surface area contributed by atoms with Gasteiger partial charge in [0, 0.05) is 49.2 Å². The van der Waals surface area contributed by atoms with Gasteiger partial charge >= 0.3 is 0 Å². The number of amides is 1. The van der Waals surface area contributed by atoms with Crippen LogP contribution in [0, 0.1) is 18.7 Å². The third kappa shape index (κ3) is 4.32. The van der Waals surface area contributed by atoms with Gasteiger partial charge < -0.3 is 19.9 Å². The third-order valence-corrected chi connectivity index (χ3v) is 7.07. The molecule has 3 aromatic rings. The van der Waals surface area contributed by atoms with Gasteiger partial charge in [-0.1, -0.05) is 42.0 Å². The van der Waals surface area contributed by atoms with Crippen molar-refractivity contribution in [3.05, 3.63) is 89.2 Å². The van der Waals surface area contributed by atoms with E-state index < -0.39 is 0 Å². The predicted molar refractivity (Wildman–Crippen MR) is 133 cm³/mol. The number of halogens is 1. The highest BCUT2D eigenvalue weighted by Gasteiger charge is 2.41. The second-order valence-electron chi connectivity index (χ2n) is 9.16.